The lowest BCUT2D eigenvalue weighted by molar-refractivity contribution is -0.156. The number of benzene rings is 1. The molecule has 0 radical (unpaired) electrons. The van der Waals surface area contributed by atoms with Gasteiger partial charge in [0.05, 0.1) is 0 Å². The molecule has 6 atom stereocenters. The molecule has 0 heterocycles. The van der Waals surface area contributed by atoms with Crippen molar-refractivity contribution in [3.63, 3.8) is 0 Å². The van der Waals surface area contributed by atoms with Crippen molar-refractivity contribution in [3.8, 4) is 5.75 Å². The molecule has 44 heavy (non-hydrogen) atoms. The number of carbonyl (C=O) groups is 3. The standard InChI is InChI=1S/C38H59NO5/c1-6-7-24-39(5)36(42)17-15-13-11-9-8-10-12-14-16-30-26-38(4)34(22-23-35(38)44-28(3)41)33-20-18-29-25-31(43-27(2)40)19-21-32(29)37(30)33/h19,21,25,30,33-35,37H,6-18,20,22-24,26H2,1-5H3/t30-,33-,34-,35-,37+,38-/m0/s1. The van der Waals surface area contributed by atoms with Crippen LogP contribution in [0.15, 0.2) is 18.2 Å². The molecule has 0 unspecified atom stereocenters. The van der Waals surface area contributed by atoms with Crippen molar-refractivity contribution in [1.82, 2.24) is 4.90 Å². The predicted molar refractivity (Wildman–Crippen MR) is 176 cm³/mol. The van der Waals surface area contributed by atoms with Crippen LogP contribution in [0, 0.1) is 23.2 Å². The maximum atomic E-state index is 12.2. The molecule has 0 saturated heterocycles. The van der Waals surface area contributed by atoms with Gasteiger partial charge >= 0.3 is 11.9 Å². The second-order valence-corrected chi connectivity index (χ2v) is 14.5. The minimum Gasteiger partial charge on any atom is -0.462 e. The summed E-state index contributed by atoms with van der Waals surface area (Å²) >= 11 is 0. The zero-order valence-electron chi connectivity index (χ0n) is 28.3. The van der Waals surface area contributed by atoms with Gasteiger partial charge in [-0.2, -0.15) is 0 Å². The fourth-order valence-corrected chi connectivity index (χ4v) is 9.18. The number of ether oxygens (including phenoxy) is 2. The van der Waals surface area contributed by atoms with Crippen molar-refractivity contribution in [3.05, 3.63) is 29.3 Å². The molecule has 3 aliphatic carbocycles. The average Bonchev–Trinajstić information content (AvgIpc) is 3.30. The summed E-state index contributed by atoms with van der Waals surface area (Å²) < 4.78 is 11.4. The zero-order valence-corrected chi connectivity index (χ0v) is 28.3. The van der Waals surface area contributed by atoms with Gasteiger partial charge in [0.15, 0.2) is 0 Å². The fraction of sp³-hybridized carbons (Fsp3) is 0.763. The Morgan fingerprint density at radius 2 is 1.61 bits per heavy atom. The number of hydrogen-bond donors (Lipinski definition) is 0. The van der Waals surface area contributed by atoms with E-state index >= 15 is 0 Å². The molecule has 0 bridgehead atoms. The van der Waals surface area contributed by atoms with E-state index in [9.17, 15) is 14.4 Å². The third kappa shape index (κ3) is 8.66. The molecular weight excluding hydrogens is 550 g/mol. The Balaban J connectivity index is 1.29. The first-order valence-electron chi connectivity index (χ1n) is 17.9. The zero-order chi connectivity index (χ0) is 31.7. The van der Waals surface area contributed by atoms with E-state index in [-0.39, 0.29) is 23.5 Å². The lowest BCUT2D eigenvalue weighted by Crippen LogP contribution is -2.48. The number of unbranched alkanes of at least 4 members (excludes halogenated alkanes) is 8. The second kappa shape index (κ2) is 16.3. The summed E-state index contributed by atoms with van der Waals surface area (Å²) in [7, 11) is 1.94. The van der Waals surface area contributed by atoms with Gasteiger partial charge < -0.3 is 14.4 Å². The van der Waals surface area contributed by atoms with Gasteiger partial charge in [-0.05, 0) is 98.3 Å². The maximum absolute atomic E-state index is 12.2. The Kier molecular flexibility index (Phi) is 12.8. The Morgan fingerprint density at radius 1 is 0.909 bits per heavy atom. The lowest BCUT2D eigenvalue weighted by Gasteiger charge is -2.54. The number of esters is 2. The molecule has 1 amide bonds. The minimum atomic E-state index is -0.270. The van der Waals surface area contributed by atoms with E-state index < -0.39 is 0 Å². The summed E-state index contributed by atoms with van der Waals surface area (Å²) in [6.07, 6.45) is 19.3. The number of nitrogens with zero attached hydrogens (tertiary/aromatic N) is 1. The first kappa shape index (κ1) is 34.5. The van der Waals surface area contributed by atoms with Gasteiger partial charge in [-0.15, -0.1) is 0 Å². The number of carbonyl (C=O) groups excluding carboxylic acids is 3. The highest BCUT2D eigenvalue weighted by atomic mass is 16.5. The van der Waals surface area contributed by atoms with E-state index in [1.54, 1.807) is 6.92 Å². The molecule has 6 nitrogen and oxygen atoms in total. The van der Waals surface area contributed by atoms with Gasteiger partial charge in [0.25, 0.3) is 0 Å². The van der Waals surface area contributed by atoms with Crippen molar-refractivity contribution in [2.45, 2.75) is 149 Å². The summed E-state index contributed by atoms with van der Waals surface area (Å²) in [4.78, 5) is 37.7. The van der Waals surface area contributed by atoms with Crippen molar-refractivity contribution >= 4 is 17.8 Å². The van der Waals surface area contributed by atoms with Gasteiger partial charge in [-0.1, -0.05) is 71.3 Å². The van der Waals surface area contributed by atoms with Crippen molar-refractivity contribution < 1.29 is 23.9 Å². The smallest absolute Gasteiger partial charge is 0.308 e. The van der Waals surface area contributed by atoms with Crippen molar-refractivity contribution in [2.75, 3.05) is 13.6 Å². The third-order valence-corrected chi connectivity index (χ3v) is 11.3. The van der Waals surface area contributed by atoms with Crippen LogP contribution < -0.4 is 4.74 Å². The molecule has 6 heteroatoms. The number of hydrogen-bond acceptors (Lipinski definition) is 5. The Labute approximate surface area is 267 Å². The molecular formula is C38H59NO5. The van der Waals surface area contributed by atoms with E-state index in [2.05, 4.69) is 26.0 Å². The predicted octanol–water partition coefficient (Wildman–Crippen LogP) is 8.79. The molecule has 246 valence electrons. The van der Waals surface area contributed by atoms with E-state index in [1.165, 1.54) is 63.0 Å². The summed E-state index contributed by atoms with van der Waals surface area (Å²) in [6, 6.07) is 6.34. The Bertz CT molecular complexity index is 1120. The Morgan fingerprint density at radius 3 is 2.30 bits per heavy atom. The molecule has 2 saturated carbocycles. The maximum Gasteiger partial charge on any atom is 0.308 e. The molecule has 3 aliphatic rings. The van der Waals surface area contributed by atoms with Gasteiger partial charge in [0.1, 0.15) is 11.9 Å². The van der Waals surface area contributed by atoms with E-state index in [4.69, 9.17) is 9.47 Å². The fourth-order valence-electron chi connectivity index (χ4n) is 9.18. The van der Waals surface area contributed by atoms with E-state index in [1.807, 2.05) is 18.0 Å². The van der Waals surface area contributed by atoms with Crippen molar-refractivity contribution in [2.24, 2.45) is 23.2 Å². The van der Waals surface area contributed by atoms with Gasteiger partial charge in [0, 0.05) is 39.3 Å². The van der Waals surface area contributed by atoms with Crippen LogP contribution in [0.1, 0.15) is 147 Å². The van der Waals surface area contributed by atoms with E-state index in [0.717, 1.165) is 64.3 Å². The summed E-state index contributed by atoms with van der Waals surface area (Å²) in [5, 5.41) is 0. The van der Waals surface area contributed by atoms with Crippen LogP contribution in [0.2, 0.25) is 0 Å². The molecule has 4 rings (SSSR count). The summed E-state index contributed by atoms with van der Waals surface area (Å²) in [5.41, 5.74) is 2.87. The molecule has 0 N–H and O–H groups in total. The Hall–Kier alpha value is -2.37. The second-order valence-electron chi connectivity index (χ2n) is 14.5. The minimum absolute atomic E-state index is 0.0354. The van der Waals surface area contributed by atoms with Crippen LogP contribution in [-0.4, -0.2) is 42.4 Å². The van der Waals surface area contributed by atoms with Crippen LogP contribution in [-0.2, 0) is 25.5 Å². The van der Waals surface area contributed by atoms with Crippen LogP contribution in [0.5, 0.6) is 5.75 Å². The van der Waals surface area contributed by atoms with E-state index in [0.29, 0.717) is 41.7 Å². The molecule has 1 aromatic carbocycles. The lowest BCUT2D eigenvalue weighted by atomic mass is 9.51. The number of rotatable bonds is 16. The van der Waals surface area contributed by atoms with Crippen LogP contribution in [0.3, 0.4) is 0 Å². The van der Waals surface area contributed by atoms with Gasteiger partial charge in [-0.3, -0.25) is 14.4 Å². The van der Waals surface area contributed by atoms with Crippen LogP contribution in [0.4, 0.5) is 0 Å². The monoisotopic (exact) mass is 609 g/mol. The largest absolute Gasteiger partial charge is 0.462 e. The highest BCUT2D eigenvalue weighted by molar-refractivity contribution is 5.75. The van der Waals surface area contributed by atoms with Gasteiger partial charge in [-0.25, -0.2) is 0 Å². The number of aryl methyl sites for hydroxylation is 1. The highest BCUT2D eigenvalue weighted by Crippen LogP contribution is 2.64. The molecule has 0 spiro atoms. The average molecular weight is 610 g/mol. The highest BCUT2D eigenvalue weighted by Gasteiger charge is 2.58. The molecule has 0 aromatic heterocycles. The molecule has 0 aliphatic heterocycles. The van der Waals surface area contributed by atoms with Crippen LogP contribution >= 0.6 is 0 Å². The quantitative estimate of drug-likeness (QED) is 0.106. The third-order valence-electron chi connectivity index (χ3n) is 11.3. The number of fused-ring (bicyclic) bond motifs is 5. The topological polar surface area (TPSA) is 72.9 Å². The molecule has 2 fully saturated rings. The van der Waals surface area contributed by atoms with Gasteiger partial charge in [0.2, 0.25) is 5.91 Å². The number of amides is 1. The normalized spacial score (nSPS) is 27.2. The summed E-state index contributed by atoms with van der Waals surface area (Å²) in [6.45, 7) is 8.48. The first-order valence-corrected chi connectivity index (χ1v) is 17.9. The SMILES string of the molecule is CCCCN(C)C(=O)CCCCCCCCCC[C@H]1C[C@]2(C)[C@@H](OC(C)=O)CC[C@H]2[C@@H]2CCc3cc(OC(C)=O)ccc3[C@@H]12. The van der Waals surface area contributed by atoms with Crippen LogP contribution in [0.25, 0.3) is 0 Å². The van der Waals surface area contributed by atoms with Crippen molar-refractivity contribution in [1.29, 1.82) is 0 Å². The summed E-state index contributed by atoms with van der Waals surface area (Å²) in [5.74, 6) is 2.85. The molecule has 1 aromatic rings. The first-order chi connectivity index (χ1) is 21.1.